The summed E-state index contributed by atoms with van der Waals surface area (Å²) >= 11 is 0. The molecule has 0 aliphatic heterocycles. The molecule has 3 aromatic rings. The maximum atomic E-state index is 12.0. The molecule has 0 heterocycles. The first-order valence-electron chi connectivity index (χ1n) is 9.17. The Kier molecular flexibility index (Phi) is 6.41. The highest BCUT2D eigenvalue weighted by molar-refractivity contribution is 5.97. The van der Waals surface area contributed by atoms with E-state index in [4.69, 9.17) is 0 Å². The Bertz CT molecular complexity index is 938. The zero-order valence-electron chi connectivity index (χ0n) is 15.7. The number of amides is 1. The first-order chi connectivity index (χ1) is 13.7. The van der Waals surface area contributed by atoms with Crippen molar-refractivity contribution in [3.05, 3.63) is 95.6 Å². The molecule has 0 radical (unpaired) electrons. The fraction of sp³-hybridized carbons (Fsp3) is 0.130. The zero-order chi connectivity index (χ0) is 19.8. The predicted octanol–water partition coefficient (Wildman–Crippen LogP) is 4.18. The summed E-state index contributed by atoms with van der Waals surface area (Å²) < 4.78 is 0. The number of aromatic hydroxyl groups is 1. The molecule has 2 N–H and O–H groups in total. The van der Waals surface area contributed by atoms with E-state index < -0.39 is 5.91 Å². The van der Waals surface area contributed by atoms with Crippen LogP contribution in [0.25, 0.3) is 0 Å². The van der Waals surface area contributed by atoms with Crippen molar-refractivity contribution in [3.8, 4) is 5.75 Å². The van der Waals surface area contributed by atoms with Crippen molar-refractivity contribution in [2.75, 3.05) is 11.4 Å². The van der Waals surface area contributed by atoms with Gasteiger partial charge in [0.1, 0.15) is 5.75 Å². The zero-order valence-corrected chi connectivity index (χ0v) is 15.7. The van der Waals surface area contributed by atoms with Crippen molar-refractivity contribution < 1.29 is 9.90 Å². The van der Waals surface area contributed by atoms with Crippen molar-refractivity contribution in [2.45, 2.75) is 13.5 Å². The standard InChI is InChI=1S/C23H23N3O2/c1-2-26(17-19-8-4-3-5-9-19)20-14-12-18(13-15-20)16-24-25-23(28)21-10-6-7-11-22(21)27/h3-16,27H,2,17H2,1H3,(H,25,28)/b24-16-. The number of nitrogens with one attached hydrogen (secondary N) is 1. The second-order valence-corrected chi connectivity index (χ2v) is 6.31. The molecule has 5 heteroatoms. The van der Waals surface area contributed by atoms with Gasteiger partial charge in [0.2, 0.25) is 0 Å². The number of phenols is 1. The van der Waals surface area contributed by atoms with Gasteiger partial charge in [-0.25, -0.2) is 5.43 Å². The van der Waals surface area contributed by atoms with Crippen molar-refractivity contribution in [3.63, 3.8) is 0 Å². The number of anilines is 1. The smallest absolute Gasteiger partial charge is 0.275 e. The van der Waals surface area contributed by atoms with Gasteiger partial charge >= 0.3 is 0 Å². The largest absolute Gasteiger partial charge is 0.507 e. The highest BCUT2D eigenvalue weighted by atomic mass is 16.3. The van der Waals surface area contributed by atoms with E-state index in [1.165, 1.54) is 11.6 Å². The monoisotopic (exact) mass is 373 g/mol. The molecule has 3 rings (SSSR count). The van der Waals surface area contributed by atoms with Gasteiger partial charge in [-0.2, -0.15) is 5.10 Å². The van der Waals surface area contributed by atoms with Crippen LogP contribution in [0.1, 0.15) is 28.4 Å². The van der Waals surface area contributed by atoms with Crippen LogP contribution in [0.3, 0.4) is 0 Å². The molecule has 5 nitrogen and oxygen atoms in total. The summed E-state index contributed by atoms with van der Waals surface area (Å²) in [5.74, 6) is -0.524. The number of para-hydroxylation sites is 1. The lowest BCUT2D eigenvalue weighted by Gasteiger charge is -2.23. The molecule has 0 aromatic heterocycles. The van der Waals surface area contributed by atoms with Gasteiger partial charge in [0.25, 0.3) is 5.91 Å². The maximum absolute atomic E-state index is 12.0. The molecular weight excluding hydrogens is 350 g/mol. The summed E-state index contributed by atoms with van der Waals surface area (Å²) in [4.78, 5) is 14.3. The van der Waals surface area contributed by atoms with Crippen LogP contribution in [-0.2, 0) is 6.54 Å². The van der Waals surface area contributed by atoms with Crippen molar-refractivity contribution in [2.24, 2.45) is 5.10 Å². The molecule has 0 bridgehead atoms. The van der Waals surface area contributed by atoms with E-state index in [0.29, 0.717) is 0 Å². The van der Waals surface area contributed by atoms with Gasteiger partial charge < -0.3 is 10.0 Å². The van der Waals surface area contributed by atoms with E-state index in [1.807, 2.05) is 42.5 Å². The van der Waals surface area contributed by atoms with Crippen molar-refractivity contribution >= 4 is 17.8 Å². The number of rotatable bonds is 7. The second kappa shape index (κ2) is 9.37. The van der Waals surface area contributed by atoms with Crippen molar-refractivity contribution in [1.82, 2.24) is 5.43 Å². The molecule has 0 unspecified atom stereocenters. The fourth-order valence-electron chi connectivity index (χ4n) is 2.85. The van der Waals surface area contributed by atoms with Gasteiger partial charge in [-0.15, -0.1) is 0 Å². The molecule has 1 amide bonds. The summed E-state index contributed by atoms with van der Waals surface area (Å²) in [6.45, 7) is 3.88. The number of hydrazone groups is 1. The third-order valence-corrected chi connectivity index (χ3v) is 4.38. The lowest BCUT2D eigenvalue weighted by atomic mass is 10.1. The van der Waals surface area contributed by atoms with E-state index in [1.54, 1.807) is 24.4 Å². The Morgan fingerprint density at radius 1 is 1.00 bits per heavy atom. The van der Waals surface area contributed by atoms with Crippen LogP contribution in [0, 0.1) is 0 Å². The second-order valence-electron chi connectivity index (χ2n) is 6.31. The number of nitrogens with zero attached hydrogens (tertiary/aromatic N) is 2. The highest BCUT2D eigenvalue weighted by Gasteiger charge is 2.08. The van der Waals surface area contributed by atoms with Crippen LogP contribution in [-0.4, -0.2) is 23.8 Å². The minimum absolute atomic E-state index is 0.0716. The third-order valence-electron chi connectivity index (χ3n) is 4.38. The highest BCUT2D eigenvalue weighted by Crippen LogP contribution is 2.18. The summed E-state index contributed by atoms with van der Waals surface area (Å²) in [6, 6.07) is 24.7. The molecule has 0 saturated carbocycles. The van der Waals surface area contributed by atoms with Gasteiger partial charge in [0.05, 0.1) is 11.8 Å². The third kappa shape index (κ3) is 4.98. The van der Waals surface area contributed by atoms with Crippen LogP contribution < -0.4 is 10.3 Å². The molecule has 142 valence electrons. The predicted molar refractivity (Wildman–Crippen MR) is 113 cm³/mol. The van der Waals surface area contributed by atoms with Crippen LogP contribution in [0.5, 0.6) is 5.75 Å². The summed E-state index contributed by atoms with van der Waals surface area (Å²) in [5, 5.41) is 13.7. The van der Waals surface area contributed by atoms with Crippen molar-refractivity contribution in [1.29, 1.82) is 0 Å². The normalized spacial score (nSPS) is 10.8. The molecule has 0 aliphatic rings. The minimum atomic E-state index is -0.453. The Labute approximate surface area is 165 Å². The number of benzene rings is 3. The first-order valence-corrected chi connectivity index (χ1v) is 9.17. The van der Waals surface area contributed by atoms with E-state index in [9.17, 15) is 9.90 Å². The molecule has 0 atom stereocenters. The Morgan fingerprint density at radius 2 is 1.68 bits per heavy atom. The lowest BCUT2D eigenvalue weighted by Crippen LogP contribution is -2.21. The van der Waals surface area contributed by atoms with E-state index in [2.05, 4.69) is 34.5 Å². The van der Waals surface area contributed by atoms with Gasteiger partial charge in [0.15, 0.2) is 0 Å². The minimum Gasteiger partial charge on any atom is -0.507 e. The Balaban J connectivity index is 1.61. The fourth-order valence-corrected chi connectivity index (χ4v) is 2.85. The van der Waals surface area contributed by atoms with Gasteiger partial charge in [0, 0.05) is 18.8 Å². The molecule has 28 heavy (non-hydrogen) atoms. The molecule has 0 aliphatic carbocycles. The topological polar surface area (TPSA) is 64.9 Å². The van der Waals surface area contributed by atoms with Gasteiger partial charge in [-0.1, -0.05) is 54.6 Å². The number of phenolic OH excluding ortho intramolecular Hbond substituents is 1. The van der Waals surface area contributed by atoms with Crippen LogP contribution in [0.4, 0.5) is 5.69 Å². The van der Waals surface area contributed by atoms with Crippen LogP contribution in [0.2, 0.25) is 0 Å². The summed E-state index contributed by atoms with van der Waals surface area (Å²) in [5.41, 5.74) is 5.88. The SMILES string of the molecule is CCN(Cc1ccccc1)c1ccc(/C=N\NC(=O)c2ccccc2O)cc1. The van der Waals surface area contributed by atoms with E-state index >= 15 is 0 Å². The molecular formula is C23H23N3O2. The summed E-state index contributed by atoms with van der Waals surface area (Å²) in [6.07, 6.45) is 1.58. The average Bonchev–Trinajstić information content (AvgIpc) is 2.73. The molecule has 0 saturated heterocycles. The summed E-state index contributed by atoms with van der Waals surface area (Å²) in [7, 11) is 0. The van der Waals surface area contributed by atoms with Crippen LogP contribution in [0.15, 0.2) is 84.0 Å². The van der Waals surface area contributed by atoms with Gasteiger partial charge in [-0.05, 0) is 42.3 Å². The van der Waals surface area contributed by atoms with Crippen LogP contribution >= 0.6 is 0 Å². The maximum Gasteiger partial charge on any atom is 0.275 e. The Hall–Kier alpha value is -3.60. The molecule has 3 aromatic carbocycles. The van der Waals surface area contributed by atoms with Gasteiger partial charge in [-0.3, -0.25) is 4.79 Å². The molecule has 0 spiro atoms. The number of carbonyl (C=O) groups is 1. The lowest BCUT2D eigenvalue weighted by molar-refractivity contribution is 0.0952. The number of hydrogen-bond donors (Lipinski definition) is 2. The van der Waals surface area contributed by atoms with E-state index in [-0.39, 0.29) is 11.3 Å². The Morgan fingerprint density at radius 3 is 2.36 bits per heavy atom. The average molecular weight is 373 g/mol. The number of carbonyl (C=O) groups excluding carboxylic acids is 1. The number of hydrogen-bond acceptors (Lipinski definition) is 4. The van der Waals surface area contributed by atoms with E-state index in [0.717, 1.165) is 24.3 Å². The first kappa shape index (κ1) is 19.2. The molecule has 0 fully saturated rings. The quantitative estimate of drug-likeness (QED) is 0.482.